The molecule has 0 aliphatic carbocycles. The number of carbonyl (C=O) groups excluding carboxylic acids is 3. The van der Waals surface area contributed by atoms with Gasteiger partial charge in [0.2, 0.25) is 5.91 Å². The standard InChI is InChI=1S/C19H17FN2O4S/c20-13-5-7-14(8-6-13)21-17(23)11-26-19(25)9-10-22-15-3-1-2-4-16(15)27-12-18(22)24/h1-8H,9-12H2,(H,21,23). The number of halogens is 1. The molecule has 27 heavy (non-hydrogen) atoms. The molecule has 140 valence electrons. The summed E-state index contributed by atoms with van der Waals surface area (Å²) in [6, 6.07) is 12.7. The molecule has 0 fully saturated rings. The Labute approximate surface area is 159 Å². The minimum Gasteiger partial charge on any atom is -0.456 e. The van der Waals surface area contributed by atoms with E-state index in [1.807, 2.05) is 24.3 Å². The number of rotatable bonds is 6. The van der Waals surface area contributed by atoms with E-state index in [0.29, 0.717) is 11.4 Å². The molecule has 2 aromatic rings. The van der Waals surface area contributed by atoms with Crippen LogP contribution in [0.25, 0.3) is 0 Å². The van der Waals surface area contributed by atoms with E-state index in [2.05, 4.69) is 5.32 Å². The highest BCUT2D eigenvalue weighted by atomic mass is 32.2. The zero-order valence-electron chi connectivity index (χ0n) is 14.3. The van der Waals surface area contributed by atoms with Crippen LogP contribution in [0.5, 0.6) is 0 Å². The van der Waals surface area contributed by atoms with E-state index in [-0.39, 0.29) is 18.9 Å². The largest absolute Gasteiger partial charge is 0.456 e. The Balaban J connectivity index is 1.46. The van der Waals surface area contributed by atoms with Gasteiger partial charge in [0.05, 0.1) is 17.9 Å². The third-order valence-electron chi connectivity index (χ3n) is 3.84. The topological polar surface area (TPSA) is 75.7 Å². The normalized spacial score (nSPS) is 13.1. The number of esters is 1. The third-order valence-corrected chi connectivity index (χ3v) is 4.89. The molecule has 8 heteroatoms. The summed E-state index contributed by atoms with van der Waals surface area (Å²) in [5, 5.41) is 2.50. The molecule has 0 unspecified atom stereocenters. The van der Waals surface area contributed by atoms with Crippen molar-refractivity contribution in [2.45, 2.75) is 11.3 Å². The number of anilines is 2. The first kappa shape index (κ1) is 18.9. The number of hydrogen-bond donors (Lipinski definition) is 1. The van der Waals surface area contributed by atoms with Crippen molar-refractivity contribution in [3.8, 4) is 0 Å². The summed E-state index contributed by atoms with van der Waals surface area (Å²) in [4.78, 5) is 38.4. The average Bonchev–Trinajstić information content (AvgIpc) is 2.67. The fraction of sp³-hybridized carbons (Fsp3) is 0.211. The van der Waals surface area contributed by atoms with Gasteiger partial charge >= 0.3 is 5.97 Å². The number of ether oxygens (including phenoxy) is 1. The number of thioether (sulfide) groups is 1. The molecule has 2 aromatic carbocycles. The Morgan fingerprint density at radius 1 is 1.15 bits per heavy atom. The molecule has 0 radical (unpaired) electrons. The number of nitrogens with zero attached hydrogens (tertiary/aromatic N) is 1. The Morgan fingerprint density at radius 2 is 1.89 bits per heavy atom. The molecule has 1 N–H and O–H groups in total. The fourth-order valence-corrected chi connectivity index (χ4v) is 3.49. The number of fused-ring (bicyclic) bond motifs is 1. The monoisotopic (exact) mass is 388 g/mol. The number of benzene rings is 2. The van der Waals surface area contributed by atoms with E-state index in [9.17, 15) is 18.8 Å². The molecule has 1 aliphatic rings. The van der Waals surface area contributed by atoms with Crippen molar-refractivity contribution in [1.29, 1.82) is 0 Å². The fourth-order valence-electron chi connectivity index (χ4n) is 2.55. The van der Waals surface area contributed by atoms with Crippen LogP contribution in [0, 0.1) is 5.82 Å². The summed E-state index contributed by atoms with van der Waals surface area (Å²) in [5.41, 5.74) is 1.19. The summed E-state index contributed by atoms with van der Waals surface area (Å²) in [6.07, 6.45) is -0.0193. The van der Waals surface area contributed by atoms with Gasteiger partial charge in [0.15, 0.2) is 6.61 Å². The van der Waals surface area contributed by atoms with Gasteiger partial charge < -0.3 is 15.0 Å². The highest BCUT2D eigenvalue weighted by Gasteiger charge is 2.24. The van der Waals surface area contributed by atoms with Crippen molar-refractivity contribution in [3.63, 3.8) is 0 Å². The van der Waals surface area contributed by atoms with E-state index >= 15 is 0 Å². The van der Waals surface area contributed by atoms with E-state index in [1.165, 1.54) is 36.0 Å². The van der Waals surface area contributed by atoms with E-state index < -0.39 is 24.3 Å². The van der Waals surface area contributed by atoms with Gasteiger partial charge in [0.1, 0.15) is 5.82 Å². The number of hydrogen-bond acceptors (Lipinski definition) is 5. The summed E-state index contributed by atoms with van der Waals surface area (Å²) < 4.78 is 17.8. The van der Waals surface area contributed by atoms with Crippen LogP contribution in [0.3, 0.4) is 0 Å². The van der Waals surface area contributed by atoms with Gasteiger partial charge in [-0.1, -0.05) is 12.1 Å². The molecule has 0 saturated carbocycles. The van der Waals surface area contributed by atoms with Gasteiger partial charge in [-0.2, -0.15) is 0 Å². The van der Waals surface area contributed by atoms with Gasteiger partial charge in [0.25, 0.3) is 5.91 Å². The van der Waals surface area contributed by atoms with Crippen LogP contribution in [0.1, 0.15) is 6.42 Å². The summed E-state index contributed by atoms with van der Waals surface area (Å²) in [6.45, 7) is -0.259. The first-order valence-corrected chi connectivity index (χ1v) is 9.25. The maximum atomic E-state index is 12.8. The lowest BCUT2D eigenvalue weighted by Crippen LogP contribution is -2.37. The van der Waals surface area contributed by atoms with E-state index in [4.69, 9.17) is 4.74 Å². The zero-order valence-corrected chi connectivity index (χ0v) is 15.1. The minimum atomic E-state index is -0.576. The van der Waals surface area contributed by atoms with Crippen LogP contribution >= 0.6 is 11.8 Å². The van der Waals surface area contributed by atoms with Crippen molar-refractivity contribution in [2.24, 2.45) is 0 Å². The van der Waals surface area contributed by atoms with Crippen molar-refractivity contribution < 1.29 is 23.5 Å². The van der Waals surface area contributed by atoms with Gasteiger partial charge in [-0.25, -0.2) is 4.39 Å². The minimum absolute atomic E-state index is 0.0193. The molecule has 0 spiro atoms. The molecule has 6 nitrogen and oxygen atoms in total. The second kappa shape index (κ2) is 8.68. The molecule has 0 atom stereocenters. The molecule has 0 aromatic heterocycles. The summed E-state index contributed by atoms with van der Waals surface area (Å²) in [5.74, 6) is -1.25. The maximum Gasteiger partial charge on any atom is 0.308 e. The Kier molecular flexibility index (Phi) is 6.08. The van der Waals surface area contributed by atoms with Crippen LogP contribution in [-0.4, -0.2) is 36.7 Å². The smallest absolute Gasteiger partial charge is 0.308 e. The lowest BCUT2D eigenvalue weighted by atomic mass is 10.2. The van der Waals surface area contributed by atoms with E-state index in [0.717, 1.165) is 10.6 Å². The molecule has 1 aliphatic heterocycles. The highest BCUT2D eigenvalue weighted by Crippen LogP contribution is 2.34. The van der Waals surface area contributed by atoms with Gasteiger partial charge in [-0.15, -0.1) is 11.8 Å². The first-order valence-electron chi connectivity index (χ1n) is 8.26. The lowest BCUT2D eigenvalue weighted by Gasteiger charge is -2.28. The van der Waals surface area contributed by atoms with Crippen LogP contribution in [0.4, 0.5) is 15.8 Å². The first-order chi connectivity index (χ1) is 13.0. The van der Waals surface area contributed by atoms with E-state index in [1.54, 1.807) is 4.90 Å². The zero-order chi connectivity index (χ0) is 19.2. The maximum absolute atomic E-state index is 12.8. The summed E-state index contributed by atoms with van der Waals surface area (Å²) in [7, 11) is 0. The second-order valence-corrected chi connectivity index (χ2v) is 6.78. The Hall–Kier alpha value is -2.87. The van der Waals surface area contributed by atoms with Crippen LogP contribution in [0.2, 0.25) is 0 Å². The van der Waals surface area contributed by atoms with Crippen molar-refractivity contribution in [3.05, 3.63) is 54.3 Å². The number of amides is 2. The molecule has 1 heterocycles. The quantitative estimate of drug-likeness (QED) is 0.770. The van der Waals surface area contributed by atoms with Gasteiger partial charge in [0, 0.05) is 17.1 Å². The SMILES string of the molecule is O=C(COC(=O)CCN1C(=O)CSc2ccccc21)Nc1ccc(F)cc1. The molecule has 3 rings (SSSR count). The lowest BCUT2D eigenvalue weighted by molar-refractivity contribution is -0.147. The number of carbonyl (C=O) groups is 3. The van der Waals surface area contributed by atoms with Gasteiger partial charge in [-0.3, -0.25) is 14.4 Å². The predicted molar refractivity (Wildman–Crippen MR) is 100 cm³/mol. The molecular weight excluding hydrogens is 371 g/mol. The number of nitrogens with one attached hydrogen (secondary N) is 1. The molecule has 2 amide bonds. The highest BCUT2D eigenvalue weighted by molar-refractivity contribution is 8.00. The second-order valence-electron chi connectivity index (χ2n) is 5.77. The Bertz CT molecular complexity index is 857. The van der Waals surface area contributed by atoms with Crippen LogP contribution in [0.15, 0.2) is 53.4 Å². The van der Waals surface area contributed by atoms with Crippen LogP contribution in [-0.2, 0) is 19.1 Å². The van der Waals surface area contributed by atoms with Gasteiger partial charge in [-0.05, 0) is 36.4 Å². The number of para-hydroxylation sites is 1. The Morgan fingerprint density at radius 3 is 2.67 bits per heavy atom. The van der Waals surface area contributed by atoms with Crippen molar-refractivity contribution >= 4 is 40.9 Å². The average molecular weight is 388 g/mol. The molecule has 0 saturated heterocycles. The van der Waals surface area contributed by atoms with Crippen molar-refractivity contribution in [1.82, 2.24) is 0 Å². The van der Waals surface area contributed by atoms with Crippen LogP contribution < -0.4 is 10.2 Å². The molecule has 0 bridgehead atoms. The van der Waals surface area contributed by atoms with Crippen molar-refractivity contribution in [2.75, 3.05) is 29.1 Å². The predicted octanol–water partition coefficient (Wildman–Crippen LogP) is 2.84. The molecular formula is C19H17FN2O4S. The summed E-state index contributed by atoms with van der Waals surface area (Å²) >= 11 is 1.47. The third kappa shape index (κ3) is 5.07.